The topological polar surface area (TPSA) is 3.24 Å². The molecular formula is C65H53N. The minimum Gasteiger partial charge on any atom is -0.310 e. The molecule has 4 bridgehead atoms. The third kappa shape index (κ3) is 5.53. The predicted molar refractivity (Wildman–Crippen MR) is 276 cm³/mol. The van der Waals surface area contributed by atoms with Crippen LogP contribution in [0.4, 0.5) is 17.1 Å². The maximum Gasteiger partial charge on any atom is 0.0465 e. The van der Waals surface area contributed by atoms with Crippen LogP contribution in [-0.2, 0) is 10.8 Å². The van der Waals surface area contributed by atoms with Gasteiger partial charge in [0, 0.05) is 27.9 Å². The van der Waals surface area contributed by atoms with Crippen LogP contribution in [0.1, 0.15) is 68.2 Å². The highest BCUT2D eigenvalue weighted by Crippen LogP contribution is 2.69. The number of benzene rings is 9. The predicted octanol–water partition coefficient (Wildman–Crippen LogP) is 17.3. The van der Waals surface area contributed by atoms with Crippen LogP contribution in [0.25, 0.3) is 66.4 Å². The van der Waals surface area contributed by atoms with E-state index in [0.29, 0.717) is 0 Å². The zero-order valence-corrected chi connectivity index (χ0v) is 37.8. The summed E-state index contributed by atoms with van der Waals surface area (Å²) in [6.45, 7) is 4.83. The number of hydrogen-bond acceptors (Lipinski definition) is 1. The van der Waals surface area contributed by atoms with Gasteiger partial charge in [-0.1, -0.05) is 166 Å². The summed E-state index contributed by atoms with van der Waals surface area (Å²) in [7, 11) is 0. The first-order valence-electron chi connectivity index (χ1n) is 24.5. The summed E-state index contributed by atoms with van der Waals surface area (Å²) in [6.07, 6.45) is 7.15. The standard InChI is InChI=1S/C65H53N/c1-64(2)60-31-23-47(48-24-32-62-59(39-48)56-16-8-9-18-61(56)65(62)49-34-41-33-42(36-49)37-50(65)35-41)38-58(60)57-30-29-53(40-63(57)64)66(51-25-19-44(20-26-51)43-11-4-3-5-12-43)52-27-21-46(22-28-52)55-17-10-14-45-13-6-7-15-54(45)55/h3-32,38-42,49-50H,33-37H2,1-2H3. The van der Waals surface area contributed by atoms with Gasteiger partial charge in [0.15, 0.2) is 0 Å². The lowest BCUT2D eigenvalue weighted by atomic mass is 9.43. The highest BCUT2D eigenvalue weighted by molar-refractivity contribution is 5.97. The maximum absolute atomic E-state index is 2.57. The molecular weight excluding hydrogens is 795 g/mol. The fourth-order valence-corrected chi connectivity index (χ4v) is 14.5. The van der Waals surface area contributed by atoms with Gasteiger partial charge in [0.1, 0.15) is 0 Å². The molecule has 6 aliphatic carbocycles. The van der Waals surface area contributed by atoms with E-state index < -0.39 is 0 Å². The quantitative estimate of drug-likeness (QED) is 0.161. The lowest BCUT2D eigenvalue weighted by Gasteiger charge is -2.61. The molecule has 0 N–H and O–H groups in total. The van der Waals surface area contributed by atoms with Crippen LogP contribution < -0.4 is 4.90 Å². The van der Waals surface area contributed by atoms with Gasteiger partial charge in [0.25, 0.3) is 0 Å². The van der Waals surface area contributed by atoms with Crippen LogP contribution in [0.3, 0.4) is 0 Å². The highest BCUT2D eigenvalue weighted by atomic mass is 15.1. The van der Waals surface area contributed by atoms with Crippen molar-refractivity contribution in [3.8, 4) is 55.6 Å². The first kappa shape index (κ1) is 38.3. The Hall–Kier alpha value is -6.96. The molecule has 15 rings (SSSR count). The number of rotatable bonds is 6. The summed E-state index contributed by atoms with van der Waals surface area (Å²) in [4.78, 5) is 2.44. The van der Waals surface area contributed by atoms with Crippen molar-refractivity contribution in [3.05, 3.63) is 222 Å². The van der Waals surface area contributed by atoms with Gasteiger partial charge in [0.2, 0.25) is 0 Å². The van der Waals surface area contributed by atoms with Crippen molar-refractivity contribution < 1.29 is 0 Å². The molecule has 0 aromatic heterocycles. The molecule has 1 nitrogen and oxygen atoms in total. The number of fused-ring (bicyclic) bond motifs is 7. The van der Waals surface area contributed by atoms with E-state index in [4.69, 9.17) is 0 Å². The maximum atomic E-state index is 2.57. The molecule has 0 unspecified atom stereocenters. The van der Waals surface area contributed by atoms with Crippen molar-refractivity contribution in [2.45, 2.75) is 56.8 Å². The number of hydrogen-bond donors (Lipinski definition) is 0. The van der Waals surface area contributed by atoms with Crippen LogP contribution in [0.2, 0.25) is 0 Å². The van der Waals surface area contributed by atoms with E-state index >= 15 is 0 Å². The molecule has 0 atom stereocenters. The summed E-state index contributed by atoms with van der Waals surface area (Å²) in [5.74, 6) is 3.46. The number of nitrogens with zero attached hydrogens (tertiary/aromatic N) is 1. The molecule has 0 radical (unpaired) electrons. The Bertz CT molecular complexity index is 3360. The monoisotopic (exact) mass is 847 g/mol. The van der Waals surface area contributed by atoms with Crippen molar-refractivity contribution in [2.24, 2.45) is 23.7 Å². The van der Waals surface area contributed by atoms with E-state index in [2.05, 4.69) is 219 Å². The second kappa shape index (κ2) is 14.3. The van der Waals surface area contributed by atoms with E-state index in [9.17, 15) is 0 Å². The van der Waals surface area contributed by atoms with Gasteiger partial charge in [-0.15, -0.1) is 0 Å². The molecule has 9 aromatic carbocycles. The van der Waals surface area contributed by atoms with Gasteiger partial charge in [0.05, 0.1) is 0 Å². The Morgan fingerprint density at radius 3 is 1.59 bits per heavy atom. The second-order valence-corrected chi connectivity index (χ2v) is 20.9. The van der Waals surface area contributed by atoms with Gasteiger partial charge in [-0.05, 0) is 193 Å². The molecule has 9 aromatic rings. The Morgan fingerprint density at radius 2 is 0.864 bits per heavy atom. The van der Waals surface area contributed by atoms with Crippen LogP contribution in [0.15, 0.2) is 200 Å². The zero-order chi connectivity index (χ0) is 43.7. The van der Waals surface area contributed by atoms with E-state index in [1.54, 1.807) is 11.1 Å². The van der Waals surface area contributed by atoms with E-state index in [1.165, 1.54) is 110 Å². The van der Waals surface area contributed by atoms with Gasteiger partial charge in [-0.2, -0.15) is 0 Å². The summed E-state index contributed by atoms with van der Waals surface area (Å²) in [5, 5.41) is 2.54. The van der Waals surface area contributed by atoms with Crippen molar-refractivity contribution in [3.63, 3.8) is 0 Å². The minimum absolute atomic E-state index is 0.164. The van der Waals surface area contributed by atoms with Crippen LogP contribution >= 0.6 is 0 Å². The van der Waals surface area contributed by atoms with Gasteiger partial charge in [-0.25, -0.2) is 0 Å². The summed E-state index contributed by atoms with van der Waals surface area (Å²) in [6, 6.07) is 75.9. The smallest absolute Gasteiger partial charge is 0.0465 e. The van der Waals surface area contributed by atoms with Crippen molar-refractivity contribution >= 4 is 27.8 Å². The lowest BCUT2D eigenvalue weighted by Crippen LogP contribution is -2.55. The Balaban J connectivity index is 0.848. The molecule has 4 fully saturated rings. The van der Waals surface area contributed by atoms with E-state index in [1.807, 2.05) is 0 Å². The van der Waals surface area contributed by atoms with Crippen molar-refractivity contribution in [2.75, 3.05) is 4.90 Å². The molecule has 0 amide bonds. The van der Waals surface area contributed by atoms with Gasteiger partial charge < -0.3 is 4.90 Å². The average Bonchev–Trinajstić information content (AvgIpc) is 3.78. The normalized spacial score (nSPS) is 22.3. The Morgan fingerprint density at radius 1 is 0.348 bits per heavy atom. The van der Waals surface area contributed by atoms with E-state index in [-0.39, 0.29) is 10.8 Å². The molecule has 66 heavy (non-hydrogen) atoms. The average molecular weight is 848 g/mol. The SMILES string of the molecule is CC1(C)c2ccc(-c3ccc4c(c3)-c3ccccc3C43C4CC5CC(C4)CC3C5)cc2-c2ccc(N(c3ccc(-c4ccccc4)cc3)c3ccc(-c4cccc5ccccc45)cc3)cc21. The van der Waals surface area contributed by atoms with Crippen LogP contribution in [0.5, 0.6) is 0 Å². The molecule has 1 spiro atoms. The third-order valence-electron chi connectivity index (χ3n) is 17.3. The van der Waals surface area contributed by atoms with Gasteiger partial charge >= 0.3 is 0 Å². The lowest BCUT2D eigenvalue weighted by molar-refractivity contribution is -0.0399. The molecule has 0 saturated heterocycles. The van der Waals surface area contributed by atoms with Crippen LogP contribution in [0, 0.1) is 23.7 Å². The molecule has 4 saturated carbocycles. The molecule has 6 aliphatic rings. The Labute approximate surface area is 389 Å². The van der Waals surface area contributed by atoms with Crippen molar-refractivity contribution in [1.29, 1.82) is 0 Å². The summed E-state index contributed by atoms with van der Waals surface area (Å²) < 4.78 is 0. The largest absolute Gasteiger partial charge is 0.310 e. The minimum atomic E-state index is -0.164. The van der Waals surface area contributed by atoms with E-state index in [0.717, 1.165) is 40.7 Å². The first-order valence-corrected chi connectivity index (χ1v) is 24.5. The van der Waals surface area contributed by atoms with Crippen LogP contribution in [-0.4, -0.2) is 0 Å². The molecule has 0 heterocycles. The molecule has 318 valence electrons. The summed E-state index contributed by atoms with van der Waals surface area (Å²) >= 11 is 0. The fourth-order valence-electron chi connectivity index (χ4n) is 14.5. The zero-order valence-electron chi connectivity index (χ0n) is 37.8. The summed E-state index contributed by atoms with van der Waals surface area (Å²) in [5.41, 5.74) is 22.7. The molecule has 1 heteroatoms. The second-order valence-electron chi connectivity index (χ2n) is 20.9. The fraction of sp³-hybridized carbons (Fsp3) is 0.200. The van der Waals surface area contributed by atoms with Crippen molar-refractivity contribution in [1.82, 2.24) is 0 Å². The first-order chi connectivity index (χ1) is 32.4. The highest BCUT2D eigenvalue weighted by Gasteiger charge is 2.61. The Kier molecular flexibility index (Phi) is 8.29. The molecule has 0 aliphatic heterocycles. The number of anilines is 3. The third-order valence-corrected chi connectivity index (χ3v) is 17.3. The van der Waals surface area contributed by atoms with Gasteiger partial charge in [-0.3, -0.25) is 0 Å².